The van der Waals surface area contributed by atoms with E-state index in [4.69, 9.17) is 10.8 Å². The Kier molecular flexibility index (Phi) is 2.41. The van der Waals surface area contributed by atoms with Crippen molar-refractivity contribution in [1.29, 1.82) is 0 Å². The summed E-state index contributed by atoms with van der Waals surface area (Å²) in [6, 6.07) is 3.35. The zero-order valence-electron chi connectivity index (χ0n) is 7.95. The van der Waals surface area contributed by atoms with Gasteiger partial charge in [0.05, 0.1) is 0 Å². The van der Waals surface area contributed by atoms with Crippen molar-refractivity contribution >= 4 is 5.78 Å². The van der Waals surface area contributed by atoms with Crippen LogP contribution in [0.1, 0.15) is 42.0 Å². The van der Waals surface area contributed by atoms with E-state index in [1.54, 1.807) is 12.1 Å². The van der Waals surface area contributed by atoms with Crippen molar-refractivity contribution in [1.82, 2.24) is 0 Å². The fraction of sp³-hybridized carbons (Fsp3) is 0.417. The Bertz CT molecular complexity index is 375. The second-order valence-electron chi connectivity index (χ2n) is 3.65. The third-order valence-corrected chi connectivity index (χ3v) is 2.72. The molecule has 0 N–H and O–H groups in total. The number of hydrogen-bond donors (Lipinski definition) is 0. The molecule has 1 aliphatic carbocycles. The third-order valence-electron chi connectivity index (χ3n) is 2.72. The first-order chi connectivity index (χ1) is 6.81. The Hall–Kier alpha value is -1.49. The van der Waals surface area contributed by atoms with Gasteiger partial charge in [0, 0.05) is 5.92 Å². The molecule has 0 amide bonds. The van der Waals surface area contributed by atoms with Crippen LogP contribution in [0.4, 0.5) is 0 Å². The molecule has 0 bridgehead atoms. The number of terminal acetylenes is 1. The molecular weight excluding hydrogens is 176 g/mol. The summed E-state index contributed by atoms with van der Waals surface area (Å²) in [6.07, 6.45) is 9.45. The number of ketones is 1. The van der Waals surface area contributed by atoms with Crippen molar-refractivity contribution in [3.05, 3.63) is 23.7 Å². The summed E-state index contributed by atoms with van der Waals surface area (Å²) < 4.78 is 5.22. The summed E-state index contributed by atoms with van der Waals surface area (Å²) in [4.78, 5) is 11.8. The van der Waals surface area contributed by atoms with Crippen LogP contribution in [0.2, 0.25) is 0 Å². The van der Waals surface area contributed by atoms with Crippen LogP contribution in [0, 0.1) is 18.3 Å². The van der Waals surface area contributed by atoms with Crippen LogP contribution in [0.3, 0.4) is 0 Å². The lowest BCUT2D eigenvalue weighted by Crippen LogP contribution is -2.09. The molecule has 72 valence electrons. The quantitative estimate of drug-likeness (QED) is 0.527. The van der Waals surface area contributed by atoms with Gasteiger partial charge in [-0.05, 0) is 30.9 Å². The predicted octanol–water partition coefficient (Wildman–Crippen LogP) is 2.63. The molecule has 2 heteroatoms. The second kappa shape index (κ2) is 3.71. The van der Waals surface area contributed by atoms with Gasteiger partial charge in [-0.3, -0.25) is 4.79 Å². The van der Waals surface area contributed by atoms with E-state index in [1.165, 1.54) is 0 Å². The molecule has 0 saturated heterocycles. The van der Waals surface area contributed by atoms with E-state index in [0.717, 1.165) is 25.7 Å². The van der Waals surface area contributed by atoms with Crippen LogP contribution >= 0.6 is 0 Å². The van der Waals surface area contributed by atoms with Crippen molar-refractivity contribution in [3.8, 4) is 12.3 Å². The van der Waals surface area contributed by atoms with E-state index < -0.39 is 0 Å². The molecule has 1 aliphatic rings. The highest BCUT2D eigenvalue weighted by Gasteiger charge is 2.25. The van der Waals surface area contributed by atoms with Crippen LogP contribution < -0.4 is 0 Å². The summed E-state index contributed by atoms with van der Waals surface area (Å²) in [7, 11) is 0. The van der Waals surface area contributed by atoms with Gasteiger partial charge >= 0.3 is 0 Å². The topological polar surface area (TPSA) is 30.2 Å². The Morgan fingerprint density at radius 1 is 1.43 bits per heavy atom. The second-order valence-corrected chi connectivity index (χ2v) is 3.65. The number of Topliss-reactive ketones (excluding diaryl/α,β-unsaturated/α-hetero) is 1. The molecule has 0 spiro atoms. The molecule has 1 saturated carbocycles. The molecule has 1 heterocycles. The average Bonchev–Trinajstić information content (AvgIpc) is 2.88. The van der Waals surface area contributed by atoms with E-state index in [1.807, 2.05) is 0 Å². The van der Waals surface area contributed by atoms with E-state index >= 15 is 0 Å². The van der Waals surface area contributed by atoms with E-state index in [2.05, 4.69) is 5.92 Å². The highest BCUT2D eigenvalue weighted by atomic mass is 16.3. The van der Waals surface area contributed by atoms with Crippen molar-refractivity contribution in [2.75, 3.05) is 0 Å². The Morgan fingerprint density at radius 3 is 2.71 bits per heavy atom. The number of carbonyl (C=O) groups is 1. The van der Waals surface area contributed by atoms with E-state index in [-0.39, 0.29) is 11.7 Å². The highest BCUT2D eigenvalue weighted by molar-refractivity contribution is 5.95. The van der Waals surface area contributed by atoms with Gasteiger partial charge in [0.15, 0.2) is 11.5 Å². The molecule has 2 rings (SSSR count). The first kappa shape index (κ1) is 9.08. The maximum absolute atomic E-state index is 11.8. The van der Waals surface area contributed by atoms with Gasteiger partial charge in [0.25, 0.3) is 0 Å². The number of carbonyl (C=O) groups excluding carboxylic acids is 1. The molecule has 0 radical (unpaired) electrons. The molecule has 14 heavy (non-hydrogen) atoms. The average molecular weight is 188 g/mol. The van der Waals surface area contributed by atoms with Crippen molar-refractivity contribution < 1.29 is 9.21 Å². The minimum Gasteiger partial charge on any atom is -0.445 e. The van der Waals surface area contributed by atoms with E-state index in [0.29, 0.717) is 11.5 Å². The molecule has 0 aliphatic heterocycles. The third kappa shape index (κ3) is 1.58. The van der Waals surface area contributed by atoms with Crippen molar-refractivity contribution in [2.45, 2.75) is 25.7 Å². The largest absolute Gasteiger partial charge is 0.445 e. The van der Waals surface area contributed by atoms with Gasteiger partial charge in [0.1, 0.15) is 0 Å². The van der Waals surface area contributed by atoms with Crippen molar-refractivity contribution in [2.24, 2.45) is 5.92 Å². The summed E-state index contributed by atoms with van der Waals surface area (Å²) in [5.41, 5.74) is 0. The molecule has 0 unspecified atom stereocenters. The fourth-order valence-corrected chi connectivity index (χ4v) is 1.94. The lowest BCUT2D eigenvalue weighted by atomic mass is 10.0. The minimum absolute atomic E-state index is 0.115. The van der Waals surface area contributed by atoms with Gasteiger partial charge in [0.2, 0.25) is 5.78 Å². The van der Waals surface area contributed by atoms with Crippen LogP contribution in [0.15, 0.2) is 16.5 Å². The van der Waals surface area contributed by atoms with Crippen molar-refractivity contribution in [3.63, 3.8) is 0 Å². The Morgan fingerprint density at radius 2 is 2.14 bits per heavy atom. The minimum atomic E-state index is 0.115. The maximum atomic E-state index is 11.8. The van der Waals surface area contributed by atoms with E-state index in [9.17, 15) is 4.79 Å². The van der Waals surface area contributed by atoms with Gasteiger partial charge in [-0.1, -0.05) is 12.8 Å². The van der Waals surface area contributed by atoms with Crippen LogP contribution in [-0.2, 0) is 0 Å². The lowest BCUT2D eigenvalue weighted by Gasteiger charge is -2.03. The standard InChI is InChI=1S/C12H12O2/c1-2-10-7-8-11(14-10)12(13)9-5-3-4-6-9/h1,7-9H,3-6H2. The molecule has 1 aromatic heterocycles. The normalized spacial score (nSPS) is 16.8. The SMILES string of the molecule is C#Cc1ccc(C(=O)C2CCCC2)o1. The van der Waals surface area contributed by atoms with Gasteiger partial charge in [-0.25, -0.2) is 0 Å². The number of hydrogen-bond acceptors (Lipinski definition) is 2. The van der Waals surface area contributed by atoms with Crippen LogP contribution in [0.5, 0.6) is 0 Å². The summed E-state index contributed by atoms with van der Waals surface area (Å²) in [6.45, 7) is 0. The van der Waals surface area contributed by atoms with Gasteiger partial charge in [-0.2, -0.15) is 0 Å². The molecule has 0 atom stereocenters. The van der Waals surface area contributed by atoms with Crippen LogP contribution in [-0.4, -0.2) is 5.78 Å². The van der Waals surface area contributed by atoms with Gasteiger partial charge < -0.3 is 4.42 Å². The zero-order chi connectivity index (χ0) is 9.97. The lowest BCUT2D eigenvalue weighted by molar-refractivity contribution is 0.0894. The predicted molar refractivity (Wildman–Crippen MR) is 52.9 cm³/mol. The number of rotatable bonds is 2. The summed E-state index contributed by atoms with van der Waals surface area (Å²) in [5.74, 6) is 3.51. The van der Waals surface area contributed by atoms with Gasteiger partial charge in [-0.15, -0.1) is 6.42 Å². The highest BCUT2D eigenvalue weighted by Crippen LogP contribution is 2.28. The Balaban J connectivity index is 2.14. The molecule has 0 aromatic carbocycles. The monoisotopic (exact) mass is 188 g/mol. The maximum Gasteiger partial charge on any atom is 0.201 e. The fourth-order valence-electron chi connectivity index (χ4n) is 1.94. The smallest absolute Gasteiger partial charge is 0.201 e. The Labute approximate surface area is 83.3 Å². The first-order valence-electron chi connectivity index (χ1n) is 4.92. The summed E-state index contributed by atoms with van der Waals surface area (Å²) >= 11 is 0. The van der Waals surface area contributed by atoms with Crippen LogP contribution in [0.25, 0.3) is 0 Å². The number of furan rings is 1. The molecule has 1 aromatic rings. The zero-order valence-corrected chi connectivity index (χ0v) is 7.95. The molecular formula is C12H12O2. The molecule has 2 nitrogen and oxygen atoms in total. The summed E-state index contributed by atoms with van der Waals surface area (Å²) in [5, 5.41) is 0. The molecule has 1 fully saturated rings. The first-order valence-corrected chi connectivity index (χ1v) is 4.92.